The molecule has 198 valence electrons. The summed E-state index contributed by atoms with van der Waals surface area (Å²) >= 11 is 1.80. The molecular weight excluding hydrogens is 531 g/mol. The SMILES string of the molecule is c1ccc(-c2cccc(-c3nc(-c4ccc5c(c4)Sc4ccccc4N5c4ccccc4)nc4ccccc34)c2)cc1. The molecule has 1 aliphatic rings. The molecular formula is C38H25N3S. The number of para-hydroxylation sites is 3. The van der Waals surface area contributed by atoms with E-state index in [2.05, 4.69) is 144 Å². The molecule has 7 aromatic rings. The van der Waals surface area contributed by atoms with E-state index in [1.807, 2.05) is 12.1 Å². The third-order valence-corrected chi connectivity index (χ3v) is 8.76. The molecule has 0 saturated heterocycles. The minimum Gasteiger partial charge on any atom is -0.308 e. The first-order valence-electron chi connectivity index (χ1n) is 14.0. The zero-order valence-electron chi connectivity index (χ0n) is 22.7. The summed E-state index contributed by atoms with van der Waals surface area (Å²) in [5.41, 5.74) is 9.80. The monoisotopic (exact) mass is 555 g/mol. The first-order chi connectivity index (χ1) is 20.8. The van der Waals surface area contributed by atoms with Crippen LogP contribution in [0.4, 0.5) is 17.1 Å². The van der Waals surface area contributed by atoms with Crippen LogP contribution in [0, 0.1) is 0 Å². The van der Waals surface area contributed by atoms with Crippen molar-refractivity contribution in [2.24, 2.45) is 0 Å². The Kier molecular flexibility index (Phi) is 6.05. The smallest absolute Gasteiger partial charge is 0.160 e. The number of benzene rings is 6. The normalized spacial score (nSPS) is 12.1. The van der Waals surface area contributed by atoms with Gasteiger partial charge in [-0.15, -0.1) is 0 Å². The Hall–Kier alpha value is -5.19. The summed E-state index contributed by atoms with van der Waals surface area (Å²) in [6.07, 6.45) is 0. The highest BCUT2D eigenvalue weighted by atomic mass is 32.2. The van der Waals surface area contributed by atoms with Crippen LogP contribution in [-0.2, 0) is 0 Å². The molecule has 0 saturated carbocycles. The van der Waals surface area contributed by atoms with Crippen molar-refractivity contribution in [3.63, 3.8) is 0 Å². The Morgan fingerprint density at radius 2 is 1.14 bits per heavy atom. The molecule has 0 fully saturated rings. The molecule has 0 N–H and O–H groups in total. The van der Waals surface area contributed by atoms with Gasteiger partial charge in [0.05, 0.1) is 22.6 Å². The highest BCUT2D eigenvalue weighted by molar-refractivity contribution is 7.99. The number of anilines is 3. The highest BCUT2D eigenvalue weighted by Crippen LogP contribution is 2.52. The van der Waals surface area contributed by atoms with E-state index in [1.165, 1.54) is 26.6 Å². The van der Waals surface area contributed by atoms with Gasteiger partial charge in [-0.2, -0.15) is 0 Å². The van der Waals surface area contributed by atoms with Crippen molar-refractivity contribution in [1.82, 2.24) is 9.97 Å². The van der Waals surface area contributed by atoms with Crippen molar-refractivity contribution in [3.8, 4) is 33.8 Å². The van der Waals surface area contributed by atoms with Gasteiger partial charge in [0.2, 0.25) is 0 Å². The van der Waals surface area contributed by atoms with Gasteiger partial charge in [0.25, 0.3) is 0 Å². The summed E-state index contributed by atoms with van der Waals surface area (Å²) in [6.45, 7) is 0. The lowest BCUT2D eigenvalue weighted by Crippen LogP contribution is -2.14. The van der Waals surface area contributed by atoms with E-state index >= 15 is 0 Å². The molecule has 0 unspecified atom stereocenters. The molecule has 1 aliphatic heterocycles. The Morgan fingerprint density at radius 1 is 0.452 bits per heavy atom. The first-order valence-corrected chi connectivity index (χ1v) is 14.8. The fraction of sp³-hybridized carbons (Fsp3) is 0. The maximum atomic E-state index is 5.21. The summed E-state index contributed by atoms with van der Waals surface area (Å²) in [5.74, 6) is 0.724. The predicted octanol–water partition coefficient (Wildman–Crippen LogP) is 10.6. The van der Waals surface area contributed by atoms with Crippen LogP contribution in [0.3, 0.4) is 0 Å². The van der Waals surface area contributed by atoms with Gasteiger partial charge in [-0.25, -0.2) is 9.97 Å². The van der Waals surface area contributed by atoms with Gasteiger partial charge < -0.3 is 4.90 Å². The number of hydrogen-bond donors (Lipinski definition) is 0. The molecule has 0 atom stereocenters. The summed E-state index contributed by atoms with van der Waals surface area (Å²) in [6, 6.07) is 53.1. The minimum absolute atomic E-state index is 0.724. The van der Waals surface area contributed by atoms with Gasteiger partial charge in [-0.1, -0.05) is 109 Å². The van der Waals surface area contributed by atoms with Crippen LogP contribution < -0.4 is 4.90 Å². The van der Waals surface area contributed by atoms with E-state index in [0.717, 1.165) is 44.9 Å². The second-order valence-electron chi connectivity index (χ2n) is 10.3. The largest absolute Gasteiger partial charge is 0.308 e. The van der Waals surface area contributed by atoms with Crippen LogP contribution >= 0.6 is 11.8 Å². The van der Waals surface area contributed by atoms with Crippen molar-refractivity contribution in [2.45, 2.75) is 9.79 Å². The quantitative estimate of drug-likeness (QED) is 0.216. The third-order valence-electron chi connectivity index (χ3n) is 7.65. The van der Waals surface area contributed by atoms with E-state index in [0.29, 0.717) is 0 Å². The van der Waals surface area contributed by atoms with Gasteiger partial charge >= 0.3 is 0 Å². The van der Waals surface area contributed by atoms with Crippen LogP contribution in [0.25, 0.3) is 44.7 Å². The van der Waals surface area contributed by atoms with Crippen LogP contribution in [0.1, 0.15) is 0 Å². The summed E-state index contributed by atoms with van der Waals surface area (Å²) in [7, 11) is 0. The Morgan fingerprint density at radius 3 is 2.02 bits per heavy atom. The topological polar surface area (TPSA) is 29.0 Å². The number of aromatic nitrogens is 2. The van der Waals surface area contributed by atoms with Crippen LogP contribution in [0.5, 0.6) is 0 Å². The maximum absolute atomic E-state index is 5.21. The fourth-order valence-corrected chi connectivity index (χ4v) is 6.75. The van der Waals surface area contributed by atoms with E-state index in [-0.39, 0.29) is 0 Å². The molecule has 6 aromatic carbocycles. The zero-order chi connectivity index (χ0) is 27.9. The molecule has 0 aliphatic carbocycles. The Balaban J connectivity index is 1.27. The van der Waals surface area contributed by atoms with Crippen LogP contribution in [-0.4, -0.2) is 9.97 Å². The van der Waals surface area contributed by atoms with Gasteiger partial charge in [0, 0.05) is 32.0 Å². The second-order valence-corrected chi connectivity index (χ2v) is 11.4. The van der Waals surface area contributed by atoms with Crippen molar-refractivity contribution in [2.75, 3.05) is 4.90 Å². The molecule has 0 spiro atoms. The molecule has 8 rings (SSSR count). The second kappa shape index (κ2) is 10.3. The first kappa shape index (κ1) is 24.6. The fourth-order valence-electron chi connectivity index (χ4n) is 5.65. The molecule has 0 amide bonds. The lowest BCUT2D eigenvalue weighted by atomic mass is 9.99. The lowest BCUT2D eigenvalue weighted by Gasteiger charge is -2.33. The lowest BCUT2D eigenvalue weighted by molar-refractivity contribution is 1.16. The maximum Gasteiger partial charge on any atom is 0.160 e. The van der Waals surface area contributed by atoms with E-state index in [4.69, 9.17) is 9.97 Å². The number of hydrogen-bond acceptors (Lipinski definition) is 4. The third kappa shape index (κ3) is 4.33. The van der Waals surface area contributed by atoms with Gasteiger partial charge in [-0.05, 0) is 65.7 Å². The zero-order valence-corrected chi connectivity index (χ0v) is 23.5. The molecule has 42 heavy (non-hydrogen) atoms. The average molecular weight is 556 g/mol. The molecule has 0 radical (unpaired) electrons. The van der Waals surface area contributed by atoms with Crippen molar-refractivity contribution < 1.29 is 0 Å². The van der Waals surface area contributed by atoms with Gasteiger partial charge in [0.15, 0.2) is 5.82 Å². The molecule has 3 nitrogen and oxygen atoms in total. The number of nitrogens with zero attached hydrogens (tertiary/aromatic N) is 3. The Labute approximate surface area is 249 Å². The summed E-state index contributed by atoms with van der Waals surface area (Å²) in [4.78, 5) is 15.0. The van der Waals surface area contributed by atoms with E-state index < -0.39 is 0 Å². The molecule has 2 heterocycles. The summed E-state index contributed by atoms with van der Waals surface area (Å²) in [5, 5.41) is 1.04. The average Bonchev–Trinajstić information content (AvgIpc) is 3.07. The number of rotatable bonds is 4. The standard InChI is InChI=1S/C38H25N3S/c1-3-12-26(13-4-1)27-14-11-15-28(24-27)37-31-18-7-8-19-32(31)39-38(40-37)29-22-23-34-36(25-29)42-35-21-10-9-20-33(35)41(34)30-16-5-2-6-17-30/h1-25H. The van der Waals surface area contributed by atoms with Gasteiger partial charge in [0.1, 0.15) is 0 Å². The van der Waals surface area contributed by atoms with Crippen molar-refractivity contribution >= 4 is 39.7 Å². The van der Waals surface area contributed by atoms with Gasteiger partial charge in [-0.3, -0.25) is 0 Å². The van der Waals surface area contributed by atoms with E-state index in [1.54, 1.807) is 11.8 Å². The molecule has 0 bridgehead atoms. The van der Waals surface area contributed by atoms with E-state index in [9.17, 15) is 0 Å². The van der Waals surface area contributed by atoms with Crippen molar-refractivity contribution in [3.05, 3.63) is 152 Å². The molecule has 1 aromatic heterocycles. The van der Waals surface area contributed by atoms with Crippen molar-refractivity contribution in [1.29, 1.82) is 0 Å². The Bertz CT molecular complexity index is 2070. The van der Waals surface area contributed by atoms with Crippen LogP contribution in [0.2, 0.25) is 0 Å². The van der Waals surface area contributed by atoms with Crippen LogP contribution in [0.15, 0.2) is 161 Å². The predicted molar refractivity (Wildman–Crippen MR) is 175 cm³/mol. The summed E-state index contributed by atoms with van der Waals surface area (Å²) < 4.78 is 0. The molecule has 4 heteroatoms. The number of fused-ring (bicyclic) bond motifs is 3. The minimum atomic E-state index is 0.724. The highest BCUT2D eigenvalue weighted by Gasteiger charge is 2.25.